The van der Waals surface area contributed by atoms with E-state index in [0.717, 1.165) is 4.70 Å². The number of thiazole rings is 1. The van der Waals surface area contributed by atoms with Crippen LogP contribution in [0.3, 0.4) is 0 Å². The molecule has 3 aromatic rings. The van der Waals surface area contributed by atoms with Crippen LogP contribution < -0.4 is 14.3 Å². The molecule has 0 N–H and O–H groups in total. The van der Waals surface area contributed by atoms with Crippen LogP contribution in [0.5, 0.6) is 11.5 Å². The molecule has 0 bridgehead atoms. The molecule has 0 saturated carbocycles. The van der Waals surface area contributed by atoms with Gasteiger partial charge in [-0.3, -0.25) is 4.79 Å². The molecule has 0 fully saturated rings. The molecule has 0 radical (unpaired) electrons. The summed E-state index contributed by atoms with van der Waals surface area (Å²) < 4.78 is 27.4. The van der Waals surface area contributed by atoms with E-state index in [1.54, 1.807) is 41.9 Å². The van der Waals surface area contributed by atoms with Crippen molar-refractivity contribution < 1.29 is 18.7 Å². The Bertz CT molecular complexity index is 1010. The molecular weight excluding hydrogens is 331 g/mol. The lowest BCUT2D eigenvalue weighted by Gasteiger charge is -2.23. The molecule has 2 heterocycles. The Balaban J connectivity index is 1.68. The smallest absolute Gasteiger partial charge is 0.292 e. The number of nitrogens with zero attached hydrogens (tertiary/aromatic N) is 2. The zero-order valence-corrected chi connectivity index (χ0v) is 13.5. The van der Waals surface area contributed by atoms with Crippen LogP contribution in [-0.4, -0.2) is 23.2 Å². The van der Waals surface area contributed by atoms with Gasteiger partial charge in [-0.15, -0.1) is 0 Å². The maximum absolute atomic E-state index is 13.9. The normalized spacial score (nSPS) is 17.2. The third-order valence-electron chi connectivity index (χ3n) is 3.76. The maximum Gasteiger partial charge on any atom is 0.292 e. The molecule has 122 valence electrons. The summed E-state index contributed by atoms with van der Waals surface area (Å²) in [7, 11) is 1.68. The Labute approximate surface area is 140 Å². The lowest BCUT2D eigenvalue weighted by Crippen LogP contribution is -2.36. The average molecular weight is 344 g/mol. The van der Waals surface area contributed by atoms with Crippen molar-refractivity contribution in [3.63, 3.8) is 0 Å². The van der Waals surface area contributed by atoms with Crippen LogP contribution in [0.1, 0.15) is 0 Å². The molecule has 0 aliphatic carbocycles. The summed E-state index contributed by atoms with van der Waals surface area (Å²) >= 11 is 1.26. The van der Waals surface area contributed by atoms with E-state index < -0.39 is 12.0 Å². The monoisotopic (exact) mass is 344 g/mol. The standard InChI is InChI=1S/C17H13FN2O3S/c1-20-15-10(18)5-4-8-14(15)24-17(20)19-16(21)13-9-22-11-6-2-3-7-12(11)23-13/h2-8,13H,9H2,1H3/t13-/m0/s1. The summed E-state index contributed by atoms with van der Waals surface area (Å²) in [5.41, 5.74) is 0.431. The van der Waals surface area contributed by atoms with E-state index in [0.29, 0.717) is 21.8 Å². The molecule has 1 aliphatic heterocycles. The Morgan fingerprint density at radius 2 is 2.04 bits per heavy atom. The second-order valence-electron chi connectivity index (χ2n) is 5.34. The van der Waals surface area contributed by atoms with Crippen LogP contribution in [0, 0.1) is 5.82 Å². The number of rotatable bonds is 1. The van der Waals surface area contributed by atoms with Crippen LogP contribution in [0.4, 0.5) is 4.39 Å². The molecule has 0 spiro atoms. The van der Waals surface area contributed by atoms with Gasteiger partial charge in [0.2, 0.25) is 6.10 Å². The van der Waals surface area contributed by atoms with Crippen LogP contribution in [0.25, 0.3) is 10.2 Å². The van der Waals surface area contributed by atoms with Crippen LogP contribution in [0.2, 0.25) is 0 Å². The van der Waals surface area contributed by atoms with Gasteiger partial charge in [0.15, 0.2) is 16.3 Å². The summed E-state index contributed by atoms with van der Waals surface area (Å²) in [6.07, 6.45) is -0.810. The number of carbonyl (C=O) groups excluding carboxylic acids is 1. The van der Waals surface area contributed by atoms with Crippen molar-refractivity contribution in [2.75, 3.05) is 6.61 Å². The van der Waals surface area contributed by atoms with Gasteiger partial charge in [-0.2, -0.15) is 4.99 Å². The molecule has 1 atom stereocenters. The summed E-state index contributed by atoms with van der Waals surface area (Å²) in [6, 6.07) is 12.0. The number of ether oxygens (including phenoxy) is 2. The topological polar surface area (TPSA) is 52.8 Å². The lowest BCUT2D eigenvalue weighted by molar-refractivity contribution is -0.127. The number of para-hydroxylation sites is 3. The van der Waals surface area contributed by atoms with E-state index in [9.17, 15) is 9.18 Å². The fourth-order valence-electron chi connectivity index (χ4n) is 2.57. The zero-order chi connectivity index (χ0) is 16.7. The SMILES string of the molecule is Cn1c(=NC(=O)[C@@H]2COc3ccccc3O2)sc2cccc(F)c21. The van der Waals surface area contributed by atoms with E-state index in [1.165, 1.54) is 17.4 Å². The number of halogens is 1. The molecule has 1 aromatic heterocycles. The second kappa shape index (κ2) is 5.76. The minimum atomic E-state index is -0.810. The Morgan fingerprint density at radius 3 is 2.83 bits per heavy atom. The highest BCUT2D eigenvalue weighted by Crippen LogP contribution is 2.31. The first-order valence-electron chi connectivity index (χ1n) is 7.34. The number of amides is 1. The van der Waals surface area contributed by atoms with Crippen LogP contribution >= 0.6 is 11.3 Å². The second-order valence-corrected chi connectivity index (χ2v) is 6.35. The van der Waals surface area contributed by atoms with Gasteiger partial charge in [-0.05, 0) is 24.3 Å². The molecule has 1 aliphatic rings. The van der Waals surface area contributed by atoms with E-state index in [4.69, 9.17) is 9.47 Å². The Hall–Kier alpha value is -2.67. The highest BCUT2D eigenvalue weighted by molar-refractivity contribution is 7.16. The first kappa shape index (κ1) is 14.9. The third-order valence-corrected chi connectivity index (χ3v) is 4.86. The predicted octanol–water partition coefficient (Wildman–Crippen LogP) is 2.65. The fraction of sp³-hybridized carbons (Fsp3) is 0.176. The minimum absolute atomic E-state index is 0.0995. The van der Waals surface area contributed by atoms with Crippen molar-refractivity contribution in [3.8, 4) is 11.5 Å². The largest absolute Gasteiger partial charge is 0.485 e. The molecule has 1 amide bonds. The summed E-state index contributed by atoms with van der Waals surface area (Å²) in [4.78, 5) is 16.9. The predicted molar refractivity (Wildman–Crippen MR) is 87.7 cm³/mol. The third kappa shape index (κ3) is 2.46. The van der Waals surface area contributed by atoms with Gasteiger partial charge in [0, 0.05) is 7.05 Å². The number of benzene rings is 2. The van der Waals surface area contributed by atoms with Gasteiger partial charge in [-0.25, -0.2) is 4.39 Å². The minimum Gasteiger partial charge on any atom is -0.485 e. The molecule has 0 unspecified atom stereocenters. The molecule has 5 nitrogen and oxygen atoms in total. The van der Waals surface area contributed by atoms with E-state index >= 15 is 0 Å². The van der Waals surface area contributed by atoms with Gasteiger partial charge in [0.1, 0.15) is 12.4 Å². The molecule has 4 rings (SSSR count). The van der Waals surface area contributed by atoms with Crippen LogP contribution in [0.15, 0.2) is 47.5 Å². The van der Waals surface area contributed by atoms with Gasteiger partial charge < -0.3 is 14.0 Å². The maximum atomic E-state index is 13.9. The molecule has 0 saturated heterocycles. The molecular formula is C17H13FN2O3S. The molecule has 24 heavy (non-hydrogen) atoms. The van der Waals surface area contributed by atoms with Crippen molar-refractivity contribution in [3.05, 3.63) is 53.1 Å². The number of carbonyl (C=O) groups is 1. The fourth-order valence-corrected chi connectivity index (χ4v) is 3.61. The first-order chi connectivity index (χ1) is 11.6. The number of fused-ring (bicyclic) bond motifs is 2. The lowest BCUT2D eigenvalue weighted by atomic mass is 10.2. The quantitative estimate of drug-likeness (QED) is 0.682. The van der Waals surface area contributed by atoms with Crippen molar-refractivity contribution in [1.82, 2.24) is 4.57 Å². The molecule has 7 heteroatoms. The van der Waals surface area contributed by atoms with E-state index in [2.05, 4.69) is 4.99 Å². The first-order valence-corrected chi connectivity index (χ1v) is 8.16. The van der Waals surface area contributed by atoms with Crippen molar-refractivity contribution in [2.45, 2.75) is 6.10 Å². The Morgan fingerprint density at radius 1 is 1.25 bits per heavy atom. The van der Waals surface area contributed by atoms with Gasteiger partial charge in [-0.1, -0.05) is 29.5 Å². The summed E-state index contributed by atoms with van der Waals surface area (Å²) in [5.74, 6) is 0.332. The van der Waals surface area contributed by atoms with Gasteiger partial charge >= 0.3 is 0 Å². The Kier molecular flexibility index (Phi) is 3.57. The zero-order valence-electron chi connectivity index (χ0n) is 12.7. The van der Waals surface area contributed by atoms with Gasteiger partial charge in [0.25, 0.3) is 5.91 Å². The highest BCUT2D eigenvalue weighted by atomic mass is 32.1. The summed E-state index contributed by atoms with van der Waals surface area (Å²) in [6.45, 7) is 0.0995. The van der Waals surface area contributed by atoms with E-state index in [-0.39, 0.29) is 12.4 Å². The van der Waals surface area contributed by atoms with Crippen molar-refractivity contribution in [1.29, 1.82) is 0 Å². The van der Waals surface area contributed by atoms with Crippen molar-refractivity contribution in [2.24, 2.45) is 12.0 Å². The number of hydrogen-bond donors (Lipinski definition) is 0. The van der Waals surface area contributed by atoms with E-state index in [1.807, 2.05) is 6.07 Å². The number of aromatic nitrogens is 1. The van der Waals surface area contributed by atoms with Gasteiger partial charge in [0.05, 0.1) is 10.2 Å². The summed E-state index contributed by atoms with van der Waals surface area (Å²) in [5, 5.41) is 0. The van der Waals surface area contributed by atoms with Crippen molar-refractivity contribution >= 4 is 27.5 Å². The average Bonchev–Trinajstić information content (AvgIpc) is 2.91. The molecule has 2 aromatic carbocycles. The highest BCUT2D eigenvalue weighted by Gasteiger charge is 2.27. The van der Waals surface area contributed by atoms with Crippen LogP contribution in [-0.2, 0) is 11.8 Å². The number of hydrogen-bond acceptors (Lipinski definition) is 4. The number of aryl methyl sites for hydroxylation is 1.